The third-order valence-electron chi connectivity index (χ3n) is 2.75. The highest BCUT2D eigenvalue weighted by atomic mass is 31.0. The minimum absolute atomic E-state index is 1.06. The first-order valence-electron chi connectivity index (χ1n) is 3.86. The highest BCUT2D eigenvalue weighted by Gasteiger charge is 2.34. The number of nitrogens with zero attached hydrogens (tertiary/aromatic N) is 1. The van der Waals surface area contributed by atoms with Crippen molar-refractivity contribution in [2.75, 3.05) is 13.1 Å². The second kappa shape index (κ2) is 2.21. The van der Waals surface area contributed by atoms with E-state index in [2.05, 4.69) is 14.1 Å². The summed E-state index contributed by atoms with van der Waals surface area (Å²) in [5.41, 5.74) is 0. The van der Waals surface area contributed by atoms with Gasteiger partial charge in [0.2, 0.25) is 0 Å². The Morgan fingerprint density at radius 1 is 1.11 bits per heavy atom. The molecule has 9 heavy (non-hydrogen) atoms. The van der Waals surface area contributed by atoms with Crippen molar-refractivity contribution in [1.29, 1.82) is 0 Å². The molecule has 1 heterocycles. The van der Waals surface area contributed by atoms with E-state index in [4.69, 9.17) is 0 Å². The van der Waals surface area contributed by atoms with Gasteiger partial charge in [0.25, 0.3) is 0 Å². The van der Waals surface area contributed by atoms with Crippen molar-refractivity contribution >= 4 is 9.39 Å². The SMILES string of the molecule is PN1CC2CCCC2C1. The number of hydrogen-bond acceptors (Lipinski definition) is 1. The second-order valence-electron chi connectivity index (χ2n) is 3.40. The zero-order valence-corrected chi connectivity index (χ0v) is 6.87. The van der Waals surface area contributed by atoms with E-state index < -0.39 is 0 Å². The quantitative estimate of drug-likeness (QED) is 0.464. The summed E-state index contributed by atoms with van der Waals surface area (Å²) in [6, 6.07) is 0. The van der Waals surface area contributed by atoms with E-state index in [1.54, 1.807) is 0 Å². The van der Waals surface area contributed by atoms with E-state index in [0.29, 0.717) is 0 Å². The van der Waals surface area contributed by atoms with Gasteiger partial charge in [-0.25, -0.2) is 0 Å². The van der Waals surface area contributed by atoms with Gasteiger partial charge >= 0.3 is 0 Å². The topological polar surface area (TPSA) is 3.24 Å². The molecule has 2 heteroatoms. The minimum atomic E-state index is 1.06. The van der Waals surface area contributed by atoms with E-state index in [1.165, 1.54) is 32.4 Å². The Balaban J connectivity index is 2.02. The van der Waals surface area contributed by atoms with Gasteiger partial charge in [0.15, 0.2) is 0 Å². The van der Waals surface area contributed by atoms with Gasteiger partial charge in [0, 0.05) is 13.1 Å². The lowest BCUT2D eigenvalue weighted by molar-refractivity contribution is 0.494. The summed E-state index contributed by atoms with van der Waals surface area (Å²) in [6.07, 6.45) is 4.49. The average Bonchev–Trinajstić information content (AvgIpc) is 2.22. The molecule has 1 nitrogen and oxygen atoms in total. The highest BCUT2D eigenvalue weighted by molar-refractivity contribution is 7.13. The van der Waals surface area contributed by atoms with Crippen molar-refractivity contribution in [2.24, 2.45) is 11.8 Å². The van der Waals surface area contributed by atoms with Crippen LogP contribution < -0.4 is 0 Å². The maximum absolute atomic E-state index is 2.82. The molecular formula is C7H14NP. The van der Waals surface area contributed by atoms with Crippen molar-refractivity contribution in [1.82, 2.24) is 4.67 Å². The smallest absolute Gasteiger partial charge is 0.00478 e. The fourth-order valence-electron chi connectivity index (χ4n) is 2.27. The monoisotopic (exact) mass is 143 g/mol. The van der Waals surface area contributed by atoms with Gasteiger partial charge in [-0.3, -0.25) is 4.67 Å². The average molecular weight is 143 g/mol. The molecule has 0 aromatic rings. The zero-order chi connectivity index (χ0) is 6.27. The summed E-state index contributed by atoms with van der Waals surface area (Å²) in [4.78, 5) is 0. The molecule has 0 N–H and O–H groups in total. The van der Waals surface area contributed by atoms with Crippen molar-refractivity contribution < 1.29 is 0 Å². The molecular weight excluding hydrogens is 129 g/mol. The molecule has 2 fully saturated rings. The fraction of sp³-hybridized carbons (Fsp3) is 1.00. The molecule has 52 valence electrons. The maximum Gasteiger partial charge on any atom is 0.00478 e. The van der Waals surface area contributed by atoms with E-state index in [-0.39, 0.29) is 0 Å². The summed E-state index contributed by atoms with van der Waals surface area (Å²) in [5.74, 6) is 2.12. The molecule has 3 unspecified atom stereocenters. The zero-order valence-electron chi connectivity index (χ0n) is 5.71. The van der Waals surface area contributed by atoms with Gasteiger partial charge in [0.05, 0.1) is 0 Å². The summed E-state index contributed by atoms with van der Waals surface area (Å²) in [5, 5.41) is 0. The number of rotatable bonds is 0. The van der Waals surface area contributed by atoms with Gasteiger partial charge in [-0.2, -0.15) is 0 Å². The molecule has 0 amide bonds. The summed E-state index contributed by atoms with van der Waals surface area (Å²) in [7, 11) is 2.82. The van der Waals surface area contributed by atoms with Crippen LogP contribution in [0, 0.1) is 11.8 Å². The number of fused-ring (bicyclic) bond motifs is 1. The standard InChI is InChI=1S/C7H14NP/c9-8-4-6-2-1-3-7(6)5-8/h6-7H,1-5,9H2. The van der Waals surface area contributed by atoms with E-state index in [9.17, 15) is 0 Å². The van der Waals surface area contributed by atoms with E-state index in [1.807, 2.05) is 0 Å². The fourth-order valence-corrected chi connectivity index (χ4v) is 2.81. The summed E-state index contributed by atoms with van der Waals surface area (Å²) in [6.45, 7) is 2.69. The molecule has 2 aliphatic rings. The molecule has 0 radical (unpaired) electrons. The van der Waals surface area contributed by atoms with Gasteiger partial charge in [0.1, 0.15) is 0 Å². The molecule has 3 atom stereocenters. The lowest BCUT2D eigenvalue weighted by atomic mass is 10.0. The Kier molecular flexibility index (Phi) is 1.51. The molecule has 0 aromatic heterocycles. The van der Waals surface area contributed by atoms with Crippen LogP contribution in [0.3, 0.4) is 0 Å². The van der Waals surface area contributed by atoms with Crippen LogP contribution in [0.1, 0.15) is 19.3 Å². The van der Waals surface area contributed by atoms with Crippen molar-refractivity contribution in [3.63, 3.8) is 0 Å². The molecule has 1 aliphatic carbocycles. The summed E-state index contributed by atoms with van der Waals surface area (Å²) < 4.78 is 2.40. The molecule has 0 bridgehead atoms. The van der Waals surface area contributed by atoms with Gasteiger partial charge < -0.3 is 0 Å². The summed E-state index contributed by atoms with van der Waals surface area (Å²) >= 11 is 0. The van der Waals surface area contributed by atoms with Crippen molar-refractivity contribution in [3.05, 3.63) is 0 Å². The largest absolute Gasteiger partial charge is 0.287 e. The van der Waals surface area contributed by atoms with Crippen LogP contribution in [-0.2, 0) is 0 Å². The Hall–Kier alpha value is 0.390. The molecule has 1 saturated carbocycles. The molecule has 0 spiro atoms. The van der Waals surface area contributed by atoms with Gasteiger partial charge in [-0.1, -0.05) is 15.8 Å². The van der Waals surface area contributed by atoms with Gasteiger partial charge in [-0.15, -0.1) is 0 Å². The van der Waals surface area contributed by atoms with Crippen LogP contribution in [0.2, 0.25) is 0 Å². The van der Waals surface area contributed by atoms with Crippen LogP contribution in [0.4, 0.5) is 0 Å². The van der Waals surface area contributed by atoms with E-state index >= 15 is 0 Å². The molecule has 1 saturated heterocycles. The number of hydrogen-bond donors (Lipinski definition) is 0. The third-order valence-corrected chi connectivity index (χ3v) is 3.18. The van der Waals surface area contributed by atoms with Crippen LogP contribution in [0.15, 0.2) is 0 Å². The Morgan fingerprint density at radius 2 is 1.67 bits per heavy atom. The first-order valence-corrected chi connectivity index (χ1v) is 4.37. The minimum Gasteiger partial charge on any atom is -0.287 e. The normalized spacial score (nSPS) is 43.7. The second-order valence-corrected chi connectivity index (χ2v) is 4.14. The maximum atomic E-state index is 2.82. The first kappa shape index (κ1) is 6.12. The van der Waals surface area contributed by atoms with Crippen LogP contribution >= 0.6 is 9.39 Å². The predicted octanol–water partition coefficient (Wildman–Crippen LogP) is 1.51. The van der Waals surface area contributed by atoms with Crippen LogP contribution in [0.25, 0.3) is 0 Å². The lowest BCUT2D eigenvalue weighted by Gasteiger charge is -2.06. The Morgan fingerprint density at radius 3 is 2.22 bits per heavy atom. The Labute approximate surface area is 59.1 Å². The van der Waals surface area contributed by atoms with Crippen LogP contribution in [-0.4, -0.2) is 17.8 Å². The van der Waals surface area contributed by atoms with Gasteiger partial charge in [-0.05, 0) is 24.7 Å². The Bertz CT molecular complexity index is 103. The van der Waals surface area contributed by atoms with Crippen molar-refractivity contribution in [2.45, 2.75) is 19.3 Å². The van der Waals surface area contributed by atoms with Crippen LogP contribution in [0.5, 0.6) is 0 Å². The molecule has 0 aromatic carbocycles. The lowest BCUT2D eigenvalue weighted by Crippen LogP contribution is -2.06. The molecule has 2 rings (SSSR count). The first-order chi connectivity index (χ1) is 4.36. The van der Waals surface area contributed by atoms with Crippen molar-refractivity contribution in [3.8, 4) is 0 Å². The third kappa shape index (κ3) is 1.01. The predicted molar refractivity (Wildman–Crippen MR) is 42.1 cm³/mol. The highest BCUT2D eigenvalue weighted by Crippen LogP contribution is 2.38. The van der Waals surface area contributed by atoms with E-state index in [0.717, 1.165) is 11.8 Å². The molecule has 1 aliphatic heterocycles.